The van der Waals surface area contributed by atoms with Gasteiger partial charge in [-0.15, -0.1) is 0 Å². The summed E-state index contributed by atoms with van der Waals surface area (Å²) in [6.45, 7) is 7.91. The number of aromatic amines is 1. The maximum Gasteiger partial charge on any atom is 2.00 e. The smallest absolute Gasteiger partial charge is 1.00 e. The van der Waals surface area contributed by atoms with Gasteiger partial charge in [0.15, 0.2) is 17.5 Å². The minimum absolute atomic E-state index is 0. The third-order valence-corrected chi connectivity index (χ3v) is 11.3. The fourth-order valence-electron chi connectivity index (χ4n) is 9.56. The van der Waals surface area contributed by atoms with Crippen LogP contribution in [0.1, 0.15) is 67.2 Å². The number of aliphatic hydroxyl groups is 6. The Morgan fingerprint density at radius 1 is 1.22 bits per heavy atom. The molecule has 0 unspecified atom stereocenters. The van der Waals surface area contributed by atoms with Crippen LogP contribution in [0.5, 0.6) is 0 Å². The number of hydrogen-bond acceptors (Lipinski definition) is 9. The molecule has 11 atom stereocenters. The first kappa shape index (κ1) is 27.3. The average molecular weight is 536 g/mol. The average Bonchev–Trinajstić information content (AvgIpc) is 3.41. The minimum atomic E-state index is -2.59. The molecule has 0 radical (unpaired) electrons. The van der Waals surface area contributed by atoms with Crippen molar-refractivity contribution in [2.45, 2.75) is 99.9 Å². The van der Waals surface area contributed by atoms with Gasteiger partial charge in [0.2, 0.25) is 0 Å². The summed E-state index contributed by atoms with van der Waals surface area (Å²) < 4.78 is 12.1. The van der Waals surface area contributed by atoms with Gasteiger partial charge >= 0.3 is 43.7 Å². The number of ether oxygens (including phenoxy) is 2. The van der Waals surface area contributed by atoms with Gasteiger partial charge in [-0.25, -0.2) is 4.79 Å². The van der Waals surface area contributed by atoms with Crippen molar-refractivity contribution in [3.05, 3.63) is 24.0 Å². The maximum absolute atomic E-state index is 13.2. The van der Waals surface area contributed by atoms with Gasteiger partial charge in [-0.05, 0) is 43.7 Å². The molecule has 6 fully saturated rings. The second-order valence-corrected chi connectivity index (χ2v) is 12.4. The van der Waals surface area contributed by atoms with Crippen molar-refractivity contribution in [2.24, 2.45) is 22.7 Å². The Bertz CT molecular complexity index is 1140. The number of nitrogens with one attached hydrogen (secondary N) is 1. The molecule has 4 saturated carbocycles. The molecule has 0 amide bonds. The quantitative estimate of drug-likeness (QED) is 0.202. The summed E-state index contributed by atoms with van der Waals surface area (Å²) >= 11 is 0. The summed E-state index contributed by atoms with van der Waals surface area (Å²) in [5.74, 6) is -4.34. The van der Waals surface area contributed by atoms with E-state index in [-0.39, 0.29) is 59.1 Å². The molecule has 1 aromatic rings. The SMILES string of the molecule is CC(C)[C@@]1(O)[C@@H](OC(=O)c2ccc[nH]2)[C@@]2(O)[C@@]3(C)C[C@]4(O)O[C@@]5([C@H](O)[C@@H](C)CC[C@]35O)[C@@]2(O)[C@@]14C.[Ca+2].[H-].[H-]. The summed E-state index contributed by atoms with van der Waals surface area (Å²) in [6.07, 6.45) is -1.63. The van der Waals surface area contributed by atoms with Crippen molar-refractivity contribution >= 4 is 43.7 Å². The molecule has 2 aliphatic heterocycles. The van der Waals surface area contributed by atoms with Gasteiger partial charge in [0.05, 0.1) is 11.5 Å². The Morgan fingerprint density at radius 2 is 1.86 bits per heavy atom. The molecule has 1 spiro atoms. The van der Waals surface area contributed by atoms with Gasteiger partial charge in [0.25, 0.3) is 0 Å². The number of carbonyl (C=O) groups is 1. The molecule has 7 N–H and O–H groups in total. The molecule has 6 aliphatic rings. The van der Waals surface area contributed by atoms with E-state index < -0.39 is 74.6 Å². The van der Waals surface area contributed by atoms with E-state index in [1.54, 1.807) is 26.8 Å². The summed E-state index contributed by atoms with van der Waals surface area (Å²) in [5, 5.41) is 73.9. The van der Waals surface area contributed by atoms with E-state index in [9.17, 15) is 35.4 Å². The van der Waals surface area contributed by atoms with Crippen LogP contribution in [0.3, 0.4) is 0 Å². The molecule has 7 rings (SSSR count). The van der Waals surface area contributed by atoms with Gasteiger partial charge in [0.1, 0.15) is 28.1 Å². The number of rotatable bonds is 3. The van der Waals surface area contributed by atoms with Crippen LogP contribution in [0.15, 0.2) is 18.3 Å². The van der Waals surface area contributed by atoms with Crippen LogP contribution in [-0.4, -0.2) is 125 Å². The summed E-state index contributed by atoms with van der Waals surface area (Å²) in [5.41, 5.74) is -15.2. The van der Waals surface area contributed by atoms with Crippen LogP contribution in [0.2, 0.25) is 0 Å². The standard InChI is InChI=1S/C25H35NO9.Ca.2H/c1-12(2)22(31)17(34-16(28)14-7-6-10-26-14)23(32)18(4)11-21(30)19(22,5)25(23,33)24(35-21)15(27)13(3)8-9-20(18,24)29;;;/h6-7,10,12-13,15,17,26-27,29-33H,8-9,11H2,1-5H3;;;/q;+2;2*-1/t13-,15+,17+,18-,19+,20-,21-,22+,23+,24+,25+;;;/m0.../s1. The summed E-state index contributed by atoms with van der Waals surface area (Å²) in [4.78, 5) is 15.9. The number of aliphatic hydroxyl groups excluding tert-OH is 1. The third-order valence-electron chi connectivity index (χ3n) is 11.3. The number of aromatic nitrogens is 1. The van der Waals surface area contributed by atoms with Gasteiger partial charge in [-0.1, -0.05) is 27.7 Å². The number of H-pyrrole nitrogens is 1. The molecule has 36 heavy (non-hydrogen) atoms. The fourth-order valence-corrected chi connectivity index (χ4v) is 9.56. The Balaban J connectivity index is 0.00000133. The van der Waals surface area contributed by atoms with Gasteiger partial charge in [-0.3, -0.25) is 0 Å². The Hall–Kier alpha value is -0.270. The van der Waals surface area contributed by atoms with Crippen LogP contribution < -0.4 is 0 Å². The van der Waals surface area contributed by atoms with E-state index in [0.29, 0.717) is 6.42 Å². The Labute approximate surface area is 242 Å². The molecule has 2 saturated heterocycles. The van der Waals surface area contributed by atoms with Crippen molar-refractivity contribution in [1.29, 1.82) is 0 Å². The second-order valence-electron chi connectivity index (χ2n) is 12.4. The van der Waals surface area contributed by atoms with Crippen molar-refractivity contribution in [1.82, 2.24) is 4.98 Å². The molecule has 0 aromatic carbocycles. The topological polar surface area (TPSA) is 173 Å². The molecule has 3 heterocycles. The van der Waals surface area contributed by atoms with Crippen molar-refractivity contribution in [3.63, 3.8) is 0 Å². The molecule has 4 aliphatic carbocycles. The zero-order valence-corrected chi connectivity index (χ0v) is 23.5. The van der Waals surface area contributed by atoms with E-state index >= 15 is 0 Å². The van der Waals surface area contributed by atoms with Gasteiger partial charge in [0, 0.05) is 18.0 Å². The Kier molecular flexibility index (Phi) is 5.37. The first-order valence-corrected chi connectivity index (χ1v) is 12.4. The molecular formula is C25H37CaNO9. The predicted octanol–water partition coefficient (Wildman–Crippen LogP) is -0.343. The normalized spacial score (nSPS) is 58.2. The maximum atomic E-state index is 13.2. The van der Waals surface area contributed by atoms with Gasteiger partial charge in [-0.2, -0.15) is 0 Å². The third kappa shape index (κ3) is 2.05. The number of hydrogen-bond donors (Lipinski definition) is 7. The summed E-state index contributed by atoms with van der Waals surface area (Å²) in [6, 6.07) is 3.06. The zero-order valence-electron chi connectivity index (χ0n) is 23.3. The second kappa shape index (κ2) is 7.08. The van der Waals surface area contributed by atoms with Crippen LogP contribution in [-0.2, 0) is 9.47 Å². The van der Waals surface area contributed by atoms with E-state index in [0.717, 1.165) is 0 Å². The van der Waals surface area contributed by atoms with Crippen LogP contribution in [0, 0.1) is 22.7 Å². The Morgan fingerprint density at radius 3 is 2.42 bits per heavy atom. The fraction of sp³-hybridized carbons (Fsp3) is 0.800. The van der Waals surface area contributed by atoms with Crippen molar-refractivity contribution in [3.8, 4) is 0 Å². The van der Waals surface area contributed by atoms with Gasteiger partial charge < -0.3 is 48.0 Å². The number of carbonyl (C=O) groups excluding carboxylic acids is 1. The van der Waals surface area contributed by atoms with E-state index in [1.807, 2.05) is 0 Å². The van der Waals surface area contributed by atoms with Crippen molar-refractivity contribution in [2.75, 3.05) is 0 Å². The van der Waals surface area contributed by atoms with Crippen LogP contribution in [0.4, 0.5) is 0 Å². The molecule has 198 valence electrons. The molecule has 11 heteroatoms. The predicted molar refractivity (Wildman–Crippen MR) is 127 cm³/mol. The minimum Gasteiger partial charge on any atom is -1.00 e. The van der Waals surface area contributed by atoms with Crippen LogP contribution in [0.25, 0.3) is 0 Å². The van der Waals surface area contributed by atoms with Crippen molar-refractivity contribution < 1.29 is 47.8 Å². The van der Waals surface area contributed by atoms with Crippen LogP contribution >= 0.6 is 0 Å². The zero-order chi connectivity index (χ0) is 25.8. The molecule has 1 aromatic heterocycles. The number of esters is 1. The van der Waals surface area contributed by atoms with E-state index in [2.05, 4.69) is 4.98 Å². The van der Waals surface area contributed by atoms with E-state index in [1.165, 1.54) is 26.1 Å². The summed E-state index contributed by atoms with van der Waals surface area (Å²) in [7, 11) is 0. The largest absolute Gasteiger partial charge is 2.00 e. The first-order chi connectivity index (χ1) is 16.0. The molecule has 6 bridgehead atoms. The monoisotopic (exact) mass is 535 g/mol. The van der Waals surface area contributed by atoms with E-state index in [4.69, 9.17) is 9.47 Å². The molecular weight excluding hydrogens is 498 g/mol. The first-order valence-electron chi connectivity index (χ1n) is 12.4. The molecule has 10 nitrogen and oxygen atoms in total.